The van der Waals surface area contributed by atoms with E-state index < -0.39 is 12.1 Å². The SMILES string of the molecule is O=C(CN1C(=O)NC(Cc2c[nH]c3ccccc23)C1=O)N(Cc1ccccc1)CC1CC1. The fourth-order valence-electron chi connectivity index (χ4n) is 4.29. The van der Waals surface area contributed by atoms with E-state index in [1.807, 2.05) is 60.8 Å². The molecule has 1 aliphatic carbocycles. The van der Waals surface area contributed by atoms with E-state index in [9.17, 15) is 14.4 Å². The first kappa shape index (κ1) is 20.3. The van der Waals surface area contributed by atoms with Gasteiger partial charge in [0.1, 0.15) is 12.6 Å². The number of hydrogen-bond acceptors (Lipinski definition) is 3. The molecule has 2 fully saturated rings. The molecule has 2 heterocycles. The van der Waals surface area contributed by atoms with Gasteiger partial charge in [-0.2, -0.15) is 0 Å². The minimum Gasteiger partial charge on any atom is -0.361 e. The van der Waals surface area contributed by atoms with Crippen LogP contribution in [0, 0.1) is 5.92 Å². The zero-order chi connectivity index (χ0) is 22.1. The lowest BCUT2D eigenvalue weighted by Crippen LogP contribution is -2.43. The van der Waals surface area contributed by atoms with Gasteiger partial charge in [-0.05, 0) is 36.0 Å². The lowest BCUT2D eigenvalue weighted by atomic mass is 10.1. The number of para-hydroxylation sites is 1. The van der Waals surface area contributed by atoms with E-state index in [1.54, 1.807) is 4.90 Å². The summed E-state index contributed by atoms with van der Waals surface area (Å²) in [6, 6.07) is 16.5. The molecule has 1 unspecified atom stereocenters. The predicted molar refractivity (Wildman–Crippen MR) is 121 cm³/mol. The van der Waals surface area contributed by atoms with E-state index in [0.29, 0.717) is 25.4 Å². The van der Waals surface area contributed by atoms with Gasteiger partial charge in [0.2, 0.25) is 5.91 Å². The third-order valence-electron chi connectivity index (χ3n) is 6.24. The molecule has 3 aromatic rings. The van der Waals surface area contributed by atoms with Gasteiger partial charge in [0.15, 0.2) is 0 Å². The molecule has 7 heteroatoms. The van der Waals surface area contributed by atoms with Crippen molar-refractivity contribution >= 4 is 28.7 Å². The molecule has 2 aromatic carbocycles. The normalized spacial score (nSPS) is 18.2. The molecule has 1 atom stereocenters. The van der Waals surface area contributed by atoms with Crippen molar-refractivity contribution in [1.29, 1.82) is 0 Å². The van der Waals surface area contributed by atoms with Gasteiger partial charge in [-0.3, -0.25) is 14.5 Å². The highest BCUT2D eigenvalue weighted by molar-refractivity contribution is 6.06. The van der Waals surface area contributed by atoms with Gasteiger partial charge in [0, 0.05) is 36.6 Å². The molecule has 2 N–H and O–H groups in total. The highest BCUT2D eigenvalue weighted by atomic mass is 16.2. The zero-order valence-corrected chi connectivity index (χ0v) is 17.8. The molecule has 1 aliphatic heterocycles. The van der Waals surface area contributed by atoms with Crippen LogP contribution in [-0.4, -0.2) is 51.8 Å². The number of nitrogens with zero attached hydrogens (tertiary/aromatic N) is 2. The van der Waals surface area contributed by atoms with E-state index in [4.69, 9.17) is 0 Å². The first-order valence-corrected chi connectivity index (χ1v) is 11.1. The number of fused-ring (bicyclic) bond motifs is 1. The molecule has 164 valence electrons. The molecule has 1 aromatic heterocycles. The van der Waals surface area contributed by atoms with Crippen molar-refractivity contribution < 1.29 is 14.4 Å². The van der Waals surface area contributed by atoms with E-state index in [1.165, 1.54) is 0 Å². The molecule has 4 amide bonds. The van der Waals surface area contributed by atoms with Crippen molar-refractivity contribution in [3.05, 3.63) is 71.9 Å². The number of benzene rings is 2. The Morgan fingerprint density at radius 3 is 2.56 bits per heavy atom. The monoisotopic (exact) mass is 430 g/mol. The van der Waals surface area contributed by atoms with Crippen LogP contribution in [0.5, 0.6) is 0 Å². The highest BCUT2D eigenvalue weighted by Crippen LogP contribution is 2.30. The Balaban J connectivity index is 1.27. The fourth-order valence-corrected chi connectivity index (χ4v) is 4.29. The summed E-state index contributed by atoms with van der Waals surface area (Å²) in [5.41, 5.74) is 2.99. The number of amides is 4. The van der Waals surface area contributed by atoms with Crippen molar-refractivity contribution in [2.24, 2.45) is 5.92 Å². The first-order valence-electron chi connectivity index (χ1n) is 11.1. The number of carbonyl (C=O) groups is 3. The van der Waals surface area contributed by atoms with E-state index in [-0.39, 0.29) is 18.4 Å². The van der Waals surface area contributed by atoms with Crippen LogP contribution >= 0.6 is 0 Å². The maximum atomic E-state index is 13.1. The molecular weight excluding hydrogens is 404 g/mol. The number of aromatic amines is 1. The number of hydrogen-bond donors (Lipinski definition) is 2. The maximum Gasteiger partial charge on any atom is 0.325 e. The number of urea groups is 1. The van der Waals surface area contributed by atoms with Crippen molar-refractivity contribution in [1.82, 2.24) is 20.1 Å². The minimum atomic E-state index is -0.666. The summed E-state index contributed by atoms with van der Waals surface area (Å²) in [7, 11) is 0. The van der Waals surface area contributed by atoms with E-state index >= 15 is 0 Å². The molecule has 2 aliphatic rings. The van der Waals surface area contributed by atoms with Gasteiger partial charge in [-0.25, -0.2) is 4.79 Å². The van der Waals surface area contributed by atoms with Crippen molar-refractivity contribution in [3.8, 4) is 0 Å². The third kappa shape index (κ3) is 4.23. The highest BCUT2D eigenvalue weighted by Gasteiger charge is 2.40. The average molecular weight is 431 g/mol. The molecule has 7 nitrogen and oxygen atoms in total. The standard InChI is InChI=1S/C25H26N4O3/c30-23(28(15-18-10-11-18)14-17-6-2-1-3-7-17)16-29-24(31)22(27-25(29)32)12-19-13-26-21-9-5-4-8-20(19)21/h1-9,13,18,22,26H,10-12,14-16H2,(H,27,32). The Morgan fingerprint density at radius 2 is 1.78 bits per heavy atom. The van der Waals surface area contributed by atoms with Crippen LogP contribution < -0.4 is 5.32 Å². The van der Waals surface area contributed by atoms with Gasteiger partial charge >= 0.3 is 6.03 Å². The minimum absolute atomic E-state index is 0.197. The van der Waals surface area contributed by atoms with Gasteiger partial charge in [0.25, 0.3) is 5.91 Å². The fraction of sp³-hybridized carbons (Fsp3) is 0.320. The molecule has 5 rings (SSSR count). The van der Waals surface area contributed by atoms with Crippen molar-refractivity contribution in [3.63, 3.8) is 0 Å². The molecule has 0 radical (unpaired) electrons. The van der Waals surface area contributed by atoms with Crippen LogP contribution in [0.4, 0.5) is 4.79 Å². The molecule has 0 spiro atoms. The van der Waals surface area contributed by atoms with Gasteiger partial charge in [-0.15, -0.1) is 0 Å². The molecule has 1 saturated heterocycles. The number of carbonyl (C=O) groups excluding carboxylic acids is 3. The van der Waals surface area contributed by atoms with Crippen molar-refractivity contribution in [2.75, 3.05) is 13.1 Å². The Kier molecular flexibility index (Phi) is 5.39. The van der Waals surface area contributed by atoms with Gasteiger partial charge in [-0.1, -0.05) is 48.5 Å². The number of rotatable bonds is 8. The summed E-state index contributed by atoms with van der Waals surface area (Å²) in [4.78, 5) is 44.7. The lowest BCUT2D eigenvalue weighted by molar-refractivity contribution is -0.137. The molecule has 32 heavy (non-hydrogen) atoms. The number of imide groups is 1. The van der Waals surface area contributed by atoms with Crippen LogP contribution in [0.25, 0.3) is 10.9 Å². The zero-order valence-electron chi connectivity index (χ0n) is 17.8. The quantitative estimate of drug-likeness (QED) is 0.539. The summed E-state index contributed by atoms with van der Waals surface area (Å²) < 4.78 is 0. The lowest BCUT2D eigenvalue weighted by Gasteiger charge is -2.25. The number of H-pyrrole nitrogens is 1. The third-order valence-corrected chi connectivity index (χ3v) is 6.24. The van der Waals surface area contributed by atoms with Gasteiger partial charge in [0.05, 0.1) is 0 Å². The smallest absolute Gasteiger partial charge is 0.325 e. The Morgan fingerprint density at radius 1 is 1.03 bits per heavy atom. The summed E-state index contributed by atoms with van der Waals surface area (Å²) in [5, 5.41) is 3.79. The second-order valence-electron chi connectivity index (χ2n) is 8.69. The maximum absolute atomic E-state index is 13.1. The van der Waals surface area contributed by atoms with Crippen LogP contribution in [0.2, 0.25) is 0 Å². The summed E-state index contributed by atoms with van der Waals surface area (Å²) >= 11 is 0. The summed E-state index contributed by atoms with van der Waals surface area (Å²) in [6.45, 7) is 0.920. The largest absolute Gasteiger partial charge is 0.361 e. The first-order chi connectivity index (χ1) is 15.6. The molecule has 0 bridgehead atoms. The second kappa shape index (κ2) is 8.49. The summed E-state index contributed by atoms with van der Waals surface area (Å²) in [5.74, 6) is -0.0305. The Bertz CT molecular complexity index is 1150. The Hall–Kier alpha value is -3.61. The van der Waals surface area contributed by atoms with Gasteiger partial charge < -0.3 is 15.2 Å². The Labute approximate surface area is 186 Å². The van der Waals surface area contributed by atoms with Crippen LogP contribution in [0.3, 0.4) is 0 Å². The second-order valence-corrected chi connectivity index (χ2v) is 8.69. The summed E-state index contributed by atoms with van der Waals surface area (Å²) in [6.07, 6.45) is 4.49. The molecular formula is C25H26N4O3. The van der Waals surface area contributed by atoms with Crippen molar-refractivity contribution in [2.45, 2.75) is 31.8 Å². The van der Waals surface area contributed by atoms with Crippen LogP contribution in [-0.2, 0) is 22.6 Å². The van der Waals surface area contributed by atoms with E-state index in [2.05, 4.69) is 10.3 Å². The average Bonchev–Trinajstić information content (AvgIpc) is 3.48. The molecule has 1 saturated carbocycles. The number of aromatic nitrogens is 1. The predicted octanol–water partition coefficient (Wildman–Crippen LogP) is 3.07. The number of nitrogens with one attached hydrogen (secondary N) is 2. The van der Waals surface area contributed by atoms with Crippen LogP contribution in [0.15, 0.2) is 60.8 Å². The topological polar surface area (TPSA) is 85.5 Å². The van der Waals surface area contributed by atoms with Crippen LogP contribution in [0.1, 0.15) is 24.0 Å². The van der Waals surface area contributed by atoms with E-state index in [0.717, 1.165) is 39.8 Å².